The van der Waals surface area contributed by atoms with Gasteiger partial charge in [0.2, 0.25) is 10.0 Å². The second-order valence-corrected chi connectivity index (χ2v) is 6.39. The van der Waals surface area contributed by atoms with E-state index in [1.807, 2.05) is 6.92 Å². The quantitative estimate of drug-likeness (QED) is 0.803. The molecule has 1 atom stereocenters. The molecule has 0 spiro atoms. The maximum atomic E-state index is 11.9. The highest BCUT2D eigenvalue weighted by atomic mass is 32.2. The van der Waals surface area contributed by atoms with E-state index in [9.17, 15) is 13.2 Å². The first kappa shape index (κ1) is 16.7. The Morgan fingerprint density at radius 3 is 2.65 bits per heavy atom. The van der Waals surface area contributed by atoms with Crippen molar-refractivity contribution in [2.75, 3.05) is 12.8 Å². The molecule has 0 aliphatic carbocycles. The molecular formula is C14H21N2O3S. The molecule has 20 heavy (non-hydrogen) atoms. The molecule has 0 aliphatic rings. The van der Waals surface area contributed by atoms with Crippen molar-refractivity contribution >= 4 is 15.9 Å². The Morgan fingerprint density at radius 2 is 2.10 bits per heavy atom. The predicted molar refractivity (Wildman–Crippen MR) is 79.8 cm³/mol. The molecule has 0 heterocycles. The Bertz CT molecular complexity index is 555. The highest BCUT2D eigenvalue weighted by Crippen LogP contribution is 2.18. The lowest BCUT2D eigenvalue weighted by molar-refractivity contribution is 0.0953. The summed E-state index contributed by atoms with van der Waals surface area (Å²) in [5.74, 6) is -0.157. The van der Waals surface area contributed by atoms with Gasteiger partial charge in [-0.15, -0.1) is 0 Å². The van der Waals surface area contributed by atoms with Crippen LogP contribution in [0.25, 0.3) is 0 Å². The van der Waals surface area contributed by atoms with Crippen molar-refractivity contribution in [3.8, 4) is 0 Å². The lowest BCUT2D eigenvalue weighted by Gasteiger charge is -2.16. The summed E-state index contributed by atoms with van der Waals surface area (Å²) in [6, 6.07) is 6.49. The van der Waals surface area contributed by atoms with Crippen LogP contribution < -0.4 is 10.0 Å². The summed E-state index contributed by atoms with van der Waals surface area (Å²) in [6.07, 6.45) is 2.34. The molecule has 0 saturated heterocycles. The van der Waals surface area contributed by atoms with Gasteiger partial charge in [0.05, 0.1) is 6.26 Å². The van der Waals surface area contributed by atoms with E-state index in [0.29, 0.717) is 18.5 Å². The van der Waals surface area contributed by atoms with E-state index in [1.165, 1.54) is 0 Å². The number of hydrogen-bond acceptors (Lipinski definition) is 3. The van der Waals surface area contributed by atoms with E-state index < -0.39 is 16.1 Å². The summed E-state index contributed by atoms with van der Waals surface area (Å²) in [5.41, 5.74) is 1.25. The fourth-order valence-corrected chi connectivity index (χ4v) is 2.56. The smallest absolute Gasteiger partial charge is 0.251 e. The van der Waals surface area contributed by atoms with Crippen molar-refractivity contribution in [3.63, 3.8) is 0 Å². The van der Waals surface area contributed by atoms with Crippen LogP contribution in [-0.4, -0.2) is 27.1 Å². The van der Waals surface area contributed by atoms with Gasteiger partial charge < -0.3 is 5.32 Å². The summed E-state index contributed by atoms with van der Waals surface area (Å²) in [6.45, 7) is 6.34. The average molecular weight is 297 g/mol. The van der Waals surface area contributed by atoms with Crippen LogP contribution >= 0.6 is 0 Å². The van der Waals surface area contributed by atoms with Crippen LogP contribution in [-0.2, 0) is 10.0 Å². The first-order valence-corrected chi connectivity index (χ1v) is 8.41. The van der Waals surface area contributed by atoms with Crippen LogP contribution in [0.2, 0.25) is 0 Å². The molecular weight excluding hydrogens is 276 g/mol. The number of nitrogens with one attached hydrogen (secondary N) is 2. The Hall–Kier alpha value is -1.40. The van der Waals surface area contributed by atoms with Crippen molar-refractivity contribution in [1.29, 1.82) is 0 Å². The third kappa shape index (κ3) is 5.30. The summed E-state index contributed by atoms with van der Waals surface area (Å²) >= 11 is 0. The third-order valence-electron chi connectivity index (χ3n) is 2.73. The summed E-state index contributed by atoms with van der Waals surface area (Å²) in [7, 11) is -3.32. The Labute approximate surface area is 120 Å². The third-order valence-corrected chi connectivity index (χ3v) is 3.44. The zero-order valence-corrected chi connectivity index (χ0v) is 12.7. The van der Waals surface area contributed by atoms with Gasteiger partial charge in [-0.2, -0.15) is 0 Å². The molecule has 6 heteroatoms. The number of benzene rings is 1. The number of amides is 1. The lowest BCUT2D eigenvalue weighted by atomic mass is 10.0. The van der Waals surface area contributed by atoms with Gasteiger partial charge in [0.15, 0.2) is 0 Å². The molecule has 111 valence electrons. The second kappa shape index (κ2) is 7.40. The van der Waals surface area contributed by atoms with Crippen LogP contribution in [0, 0.1) is 6.92 Å². The van der Waals surface area contributed by atoms with Gasteiger partial charge in [0.1, 0.15) is 0 Å². The molecule has 1 unspecified atom stereocenters. The molecule has 0 aliphatic heterocycles. The van der Waals surface area contributed by atoms with Crippen LogP contribution in [0.4, 0.5) is 0 Å². The Morgan fingerprint density at radius 1 is 1.40 bits per heavy atom. The van der Waals surface area contributed by atoms with Gasteiger partial charge in [-0.05, 0) is 30.5 Å². The average Bonchev–Trinajstić information content (AvgIpc) is 2.41. The maximum Gasteiger partial charge on any atom is 0.251 e. The van der Waals surface area contributed by atoms with E-state index in [4.69, 9.17) is 0 Å². The predicted octanol–water partition coefficient (Wildman–Crippen LogP) is 1.64. The molecule has 1 rings (SSSR count). The van der Waals surface area contributed by atoms with Crippen LogP contribution in [0.1, 0.15) is 41.7 Å². The normalized spacial score (nSPS) is 12.9. The maximum absolute atomic E-state index is 11.9. The summed E-state index contributed by atoms with van der Waals surface area (Å²) in [5, 5.41) is 2.79. The van der Waals surface area contributed by atoms with Gasteiger partial charge in [0.25, 0.3) is 5.91 Å². The number of carbonyl (C=O) groups is 1. The number of sulfonamides is 1. The van der Waals surface area contributed by atoms with E-state index in [2.05, 4.69) is 17.0 Å². The SMILES string of the molecule is [CH2]CC(NS(C)(=O)=O)c1cccc(C(=O)NCCC)c1. The minimum atomic E-state index is -3.32. The van der Waals surface area contributed by atoms with Gasteiger partial charge in [-0.25, -0.2) is 13.1 Å². The molecule has 1 aromatic rings. The zero-order chi connectivity index (χ0) is 15.2. The van der Waals surface area contributed by atoms with Crippen molar-refractivity contribution in [1.82, 2.24) is 10.0 Å². The minimum absolute atomic E-state index is 0.157. The molecule has 1 amide bonds. The number of hydrogen-bond donors (Lipinski definition) is 2. The molecule has 5 nitrogen and oxygen atoms in total. The van der Waals surface area contributed by atoms with Crippen LogP contribution in [0.5, 0.6) is 0 Å². The molecule has 0 saturated carbocycles. The van der Waals surface area contributed by atoms with Crippen molar-refractivity contribution in [2.45, 2.75) is 25.8 Å². The molecule has 1 radical (unpaired) electrons. The van der Waals surface area contributed by atoms with Crippen molar-refractivity contribution in [3.05, 3.63) is 42.3 Å². The molecule has 2 N–H and O–H groups in total. The summed E-state index contributed by atoms with van der Waals surface area (Å²) in [4.78, 5) is 11.9. The second-order valence-electron chi connectivity index (χ2n) is 4.61. The van der Waals surface area contributed by atoms with E-state index in [-0.39, 0.29) is 5.91 Å². The number of rotatable bonds is 7. The van der Waals surface area contributed by atoms with Gasteiger partial charge in [-0.3, -0.25) is 4.79 Å². The fraction of sp³-hybridized carbons (Fsp3) is 0.429. The molecule has 0 aromatic heterocycles. The van der Waals surface area contributed by atoms with Crippen molar-refractivity contribution < 1.29 is 13.2 Å². The molecule has 0 fully saturated rings. The molecule has 1 aromatic carbocycles. The highest BCUT2D eigenvalue weighted by Gasteiger charge is 2.15. The van der Waals surface area contributed by atoms with Crippen LogP contribution in [0.3, 0.4) is 0 Å². The highest BCUT2D eigenvalue weighted by molar-refractivity contribution is 7.88. The van der Waals surface area contributed by atoms with Gasteiger partial charge >= 0.3 is 0 Å². The topological polar surface area (TPSA) is 75.3 Å². The first-order chi connectivity index (χ1) is 9.37. The standard InChI is InChI=1S/C14H21N2O3S/c1-4-9-15-14(17)12-8-6-7-11(10-12)13(5-2)16-20(3,18)19/h6-8,10,13,16H,2,4-5,9H2,1,3H3,(H,15,17). The van der Waals surface area contributed by atoms with Crippen LogP contribution in [0.15, 0.2) is 24.3 Å². The van der Waals surface area contributed by atoms with Gasteiger partial charge in [0, 0.05) is 18.2 Å². The number of carbonyl (C=O) groups excluding carboxylic acids is 1. The largest absolute Gasteiger partial charge is 0.352 e. The minimum Gasteiger partial charge on any atom is -0.352 e. The van der Waals surface area contributed by atoms with E-state index >= 15 is 0 Å². The first-order valence-electron chi connectivity index (χ1n) is 6.52. The Kier molecular flexibility index (Phi) is 6.16. The zero-order valence-electron chi connectivity index (χ0n) is 11.8. The van der Waals surface area contributed by atoms with Crippen molar-refractivity contribution in [2.24, 2.45) is 0 Å². The van der Waals surface area contributed by atoms with Gasteiger partial charge in [-0.1, -0.05) is 26.0 Å². The van der Waals surface area contributed by atoms with E-state index in [1.54, 1.807) is 24.3 Å². The summed E-state index contributed by atoms with van der Waals surface area (Å²) < 4.78 is 25.1. The fourth-order valence-electron chi connectivity index (χ4n) is 1.79. The van der Waals surface area contributed by atoms with E-state index in [0.717, 1.165) is 18.2 Å². The molecule has 0 bridgehead atoms. The monoisotopic (exact) mass is 297 g/mol. The Balaban J connectivity index is 2.93. The lowest BCUT2D eigenvalue weighted by Crippen LogP contribution is -2.28.